The molecule has 1 rings (SSSR count). The molecular formula is C11H8F3NO5. The zero-order valence-electron chi connectivity index (χ0n) is 9.81. The first kappa shape index (κ1) is 15.5. The number of halogens is 3. The molecular weight excluding hydrogens is 283 g/mol. The van der Waals surface area contributed by atoms with Crippen LogP contribution in [-0.4, -0.2) is 22.6 Å². The number of nitro groups is 1. The summed E-state index contributed by atoms with van der Waals surface area (Å²) < 4.78 is 42.1. The smallest absolute Gasteiger partial charge is 0.416 e. The van der Waals surface area contributed by atoms with Crippen molar-refractivity contribution >= 4 is 11.7 Å². The Labute approximate surface area is 110 Å². The van der Waals surface area contributed by atoms with E-state index >= 15 is 0 Å². The van der Waals surface area contributed by atoms with Crippen molar-refractivity contribution in [2.75, 3.05) is 6.61 Å². The van der Waals surface area contributed by atoms with Gasteiger partial charge in [0.25, 0.3) is 0 Å². The summed E-state index contributed by atoms with van der Waals surface area (Å²) in [7, 11) is 0. The second kappa shape index (κ2) is 5.59. The number of ether oxygens (including phenoxy) is 1. The van der Waals surface area contributed by atoms with Crippen LogP contribution >= 0.6 is 0 Å². The fourth-order valence-electron chi connectivity index (χ4n) is 1.19. The van der Waals surface area contributed by atoms with Gasteiger partial charge >= 0.3 is 17.8 Å². The minimum absolute atomic E-state index is 0.318. The van der Waals surface area contributed by atoms with Gasteiger partial charge < -0.3 is 9.84 Å². The third-order valence-corrected chi connectivity index (χ3v) is 2.19. The number of aliphatic carboxylic acids is 1. The Kier molecular flexibility index (Phi) is 4.33. The Morgan fingerprint density at radius 2 is 2.05 bits per heavy atom. The first-order chi connectivity index (χ1) is 9.12. The van der Waals surface area contributed by atoms with E-state index in [4.69, 9.17) is 9.84 Å². The summed E-state index contributed by atoms with van der Waals surface area (Å²) in [6.07, 6.45) is -4.73. The highest BCUT2D eigenvalue weighted by molar-refractivity contribution is 5.86. The molecule has 6 nitrogen and oxygen atoms in total. The van der Waals surface area contributed by atoms with Gasteiger partial charge in [-0.3, -0.25) is 10.1 Å². The Bertz CT molecular complexity index is 568. The first-order valence-corrected chi connectivity index (χ1v) is 5.02. The van der Waals surface area contributed by atoms with E-state index in [-0.39, 0.29) is 5.57 Å². The molecule has 0 aliphatic rings. The van der Waals surface area contributed by atoms with Crippen molar-refractivity contribution < 1.29 is 32.7 Å². The quantitative estimate of drug-likeness (QED) is 0.511. The van der Waals surface area contributed by atoms with E-state index in [1.54, 1.807) is 0 Å². The fraction of sp³-hybridized carbons (Fsp3) is 0.182. The highest BCUT2D eigenvalue weighted by Crippen LogP contribution is 2.36. The lowest BCUT2D eigenvalue weighted by Gasteiger charge is -2.10. The Balaban J connectivity index is 3.06. The van der Waals surface area contributed by atoms with Crippen LogP contribution in [0, 0.1) is 10.1 Å². The summed E-state index contributed by atoms with van der Waals surface area (Å²) >= 11 is 0. The zero-order chi connectivity index (χ0) is 15.5. The molecule has 0 heterocycles. The van der Waals surface area contributed by atoms with Crippen molar-refractivity contribution in [1.82, 2.24) is 0 Å². The monoisotopic (exact) mass is 291 g/mol. The molecule has 20 heavy (non-hydrogen) atoms. The molecule has 1 N–H and O–H groups in total. The number of rotatable bonds is 5. The van der Waals surface area contributed by atoms with Gasteiger partial charge in [-0.25, -0.2) is 4.79 Å². The molecule has 9 heteroatoms. The zero-order valence-corrected chi connectivity index (χ0v) is 9.81. The number of hydrogen-bond acceptors (Lipinski definition) is 4. The molecule has 0 unspecified atom stereocenters. The minimum Gasteiger partial charge on any atom is -0.482 e. The first-order valence-electron chi connectivity index (χ1n) is 5.02. The van der Waals surface area contributed by atoms with Crippen molar-refractivity contribution in [3.8, 4) is 5.75 Å². The molecule has 0 aliphatic carbocycles. The maximum Gasteiger partial charge on any atom is 0.416 e. The maximum absolute atomic E-state index is 12.4. The molecule has 0 amide bonds. The van der Waals surface area contributed by atoms with E-state index in [0.29, 0.717) is 12.1 Å². The average molecular weight is 291 g/mol. The van der Waals surface area contributed by atoms with Crippen LogP contribution in [0.1, 0.15) is 5.56 Å². The van der Waals surface area contributed by atoms with Crippen molar-refractivity contribution in [1.29, 1.82) is 0 Å². The van der Waals surface area contributed by atoms with Crippen molar-refractivity contribution in [3.05, 3.63) is 46.0 Å². The topological polar surface area (TPSA) is 89.7 Å². The van der Waals surface area contributed by atoms with Gasteiger partial charge in [0.15, 0.2) is 5.75 Å². The molecule has 0 aliphatic heterocycles. The van der Waals surface area contributed by atoms with Gasteiger partial charge in [0.05, 0.1) is 16.1 Å². The third-order valence-electron chi connectivity index (χ3n) is 2.19. The normalized spacial score (nSPS) is 10.9. The Hall–Kier alpha value is -2.58. The van der Waals surface area contributed by atoms with Crippen molar-refractivity contribution in [3.63, 3.8) is 0 Å². The predicted octanol–water partition coefficient (Wildman–Crippen LogP) is 2.63. The maximum atomic E-state index is 12.4. The lowest BCUT2D eigenvalue weighted by Crippen LogP contribution is -2.11. The van der Waals surface area contributed by atoms with E-state index in [1.807, 2.05) is 0 Å². The molecule has 108 valence electrons. The van der Waals surface area contributed by atoms with Crippen LogP contribution in [0.3, 0.4) is 0 Å². The number of alkyl halides is 3. The molecule has 0 fully saturated rings. The van der Waals surface area contributed by atoms with Gasteiger partial charge in [0.1, 0.15) is 6.61 Å². The third kappa shape index (κ3) is 3.70. The van der Waals surface area contributed by atoms with Gasteiger partial charge in [-0.1, -0.05) is 6.58 Å². The number of carboxylic acids is 1. The number of nitro benzene ring substituents is 1. The minimum atomic E-state index is -4.73. The molecule has 0 radical (unpaired) electrons. The van der Waals surface area contributed by atoms with Crippen LogP contribution in [0.5, 0.6) is 5.75 Å². The fourth-order valence-corrected chi connectivity index (χ4v) is 1.19. The van der Waals surface area contributed by atoms with E-state index in [9.17, 15) is 28.1 Å². The Morgan fingerprint density at radius 3 is 2.50 bits per heavy atom. The number of nitrogens with zero attached hydrogens (tertiary/aromatic N) is 1. The molecule has 1 aromatic carbocycles. The lowest BCUT2D eigenvalue weighted by molar-refractivity contribution is -0.386. The van der Waals surface area contributed by atoms with Crippen LogP contribution in [0.15, 0.2) is 30.4 Å². The van der Waals surface area contributed by atoms with E-state index in [1.165, 1.54) is 0 Å². The summed E-state index contributed by atoms with van der Waals surface area (Å²) in [5, 5.41) is 19.2. The largest absolute Gasteiger partial charge is 0.482 e. The highest BCUT2D eigenvalue weighted by Gasteiger charge is 2.33. The predicted molar refractivity (Wildman–Crippen MR) is 60.4 cm³/mol. The van der Waals surface area contributed by atoms with Crippen LogP contribution < -0.4 is 4.74 Å². The number of benzene rings is 1. The Morgan fingerprint density at radius 1 is 1.45 bits per heavy atom. The van der Waals surface area contributed by atoms with Gasteiger partial charge in [-0.2, -0.15) is 13.2 Å². The number of carboxylic acid groups (broad SMARTS) is 1. The van der Waals surface area contributed by atoms with E-state index in [2.05, 4.69) is 6.58 Å². The molecule has 0 aromatic heterocycles. The van der Waals surface area contributed by atoms with Crippen LogP contribution in [-0.2, 0) is 11.0 Å². The van der Waals surface area contributed by atoms with E-state index < -0.39 is 40.7 Å². The van der Waals surface area contributed by atoms with Crippen molar-refractivity contribution in [2.45, 2.75) is 6.18 Å². The molecule has 0 atom stereocenters. The van der Waals surface area contributed by atoms with Gasteiger partial charge in [-0.15, -0.1) is 0 Å². The van der Waals surface area contributed by atoms with Crippen LogP contribution in [0.25, 0.3) is 0 Å². The summed E-state index contributed by atoms with van der Waals surface area (Å²) in [4.78, 5) is 20.1. The number of carbonyl (C=O) groups is 1. The molecule has 0 spiro atoms. The molecule has 0 bridgehead atoms. The van der Waals surface area contributed by atoms with Crippen LogP contribution in [0.4, 0.5) is 18.9 Å². The van der Waals surface area contributed by atoms with Gasteiger partial charge in [0, 0.05) is 6.07 Å². The highest BCUT2D eigenvalue weighted by atomic mass is 19.4. The summed E-state index contributed by atoms with van der Waals surface area (Å²) in [5.74, 6) is -1.84. The van der Waals surface area contributed by atoms with Gasteiger partial charge in [-0.05, 0) is 12.1 Å². The van der Waals surface area contributed by atoms with Crippen molar-refractivity contribution in [2.24, 2.45) is 0 Å². The molecule has 0 saturated heterocycles. The number of hydrogen-bond donors (Lipinski definition) is 1. The SMILES string of the molecule is C=C(COc1ccc(C(F)(F)F)cc1[N+](=O)[O-])C(=O)O. The second-order valence-corrected chi connectivity index (χ2v) is 3.63. The average Bonchev–Trinajstić information content (AvgIpc) is 2.34. The standard InChI is InChI=1S/C11H8F3NO5/c1-6(10(16)17)5-20-9-3-2-7(11(12,13)14)4-8(9)15(18)19/h2-4H,1,5H2,(H,16,17). The molecule has 0 saturated carbocycles. The lowest BCUT2D eigenvalue weighted by atomic mass is 10.2. The molecule has 1 aromatic rings. The second-order valence-electron chi connectivity index (χ2n) is 3.63. The van der Waals surface area contributed by atoms with Gasteiger partial charge in [0.2, 0.25) is 0 Å². The summed E-state index contributed by atoms with van der Waals surface area (Å²) in [6.45, 7) is 2.54. The van der Waals surface area contributed by atoms with Crippen LogP contribution in [0.2, 0.25) is 0 Å². The summed E-state index contributed by atoms with van der Waals surface area (Å²) in [5.41, 5.74) is -2.49. The summed E-state index contributed by atoms with van der Waals surface area (Å²) in [6, 6.07) is 1.68. The van der Waals surface area contributed by atoms with E-state index in [0.717, 1.165) is 6.07 Å².